The van der Waals surface area contributed by atoms with Crippen LogP contribution in [0.2, 0.25) is 0 Å². The zero-order valence-electron chi connectivity index (χ0n) is 16.6. The van der Waals surface area contributed by atoms with Gasteiger partial charge in [0.1, 0.15) is 0 Å². The molecule has 4 nitrogen and oxygen atoms in total. The first-order chi connectivity index (χ1) is 12.3. The Balaban J connectivity index is 2.51. The third-order valence-electron chi connectivity index (χ3n) is 5.02. The van der Waals surface area contributed by atoms with Crippen LogP contribution in [-0.2, 0) is 6.54 Å². The highest BCUT2D eigenvalue weighted by molar-refractivity contribution is 5.76. The van der Waals surface area contributed by atoms with Gasteiger partial charge in [0.25, 0.3) is 0 Å². The standard InChI is InChI=1S/C22H30N2O2/c1-7-9-10-18(8-2)11-20-13-23-12-19(14-25)22(26)16(5)21(23)17(6)24(20)15(3)4/h8-10,12,14-15,20H,6-7,11,13H2,1-5H3/b10-9-,18-8+. The first-order valence-electron chi connectivity index (χ1n) is 9.34. The Hall–Kier alpha value is -2.36. The van der Waals surface area contributed by atoms with Crippen LogP contribution in [0.15, 0.2) is 41.4 Å². The minimum absolute atomic E-state index is 0.199. The second-order valence-corrected chi connectivity index (χ2v) is 7.14. The molecule has 0 radical (unpaired) electrons. The van der Waals surface area contributed by atoms with Gasteiger partial charge in [-0.25, -0.2) is 0 Å². The number of hydrogen-bond donors (Lipinski definition) is 0. The fraction of sp³-hybridized carbons (Fsp3) is 0.455. The number of pyridine rings is 1. The zero-order valence-corrected chi connectivity index (χ0v) is 16.6. The van der Waals surface area contributed by atoms with E-state index in [-0.39, 0.29) is 23.1 Å². The van der Waals surface area contributed by atoms with Gasteiger partial charge in [-0.3, -0.25) is 9.59 Å². The van der Waals surface area contributed by atoms with Crippen LogP contribution in [0.3, 0.4) is 0 Å². The van der Waals surface area contributed by atoms with Gasteiger partial charge in [-0.2, -0.15) is 0 Å². The Morgan fingerprint density at radius 1 is 1.42 bits per heavy atom. The van der Waals surface area contributed by atoms with E-state index in [1.165, 1.54) is 5.57 Å². The van der Waals surface area contributed by atoms with Gasteiger partial charge < -0.3 is 9.47 Å². The minimum atomic E-state index is -0.199. The number of rotatable bonds is 6. The molecule has 0 spiro atoms. The summed E-state index contributed by atoms with van der Waals surface area (Å²) in [6, 6.07) is 0.499. The number of aromatic nitrogens is 1. The van der Waals surface area contributed by atoms with E-state index in [1.807, 2.05) is 4.57 Å². The summed E-state index contributed by atoms with van der Waals surface area (Å²) in [5.41, 5.74) is 3.60. The maximum atomic E-state index is 12.4. The van der Waals surface area contributed by atoms with E-state index in [0.29, 0.717) is 11.8 Å². The second kappa shape index (κ2) is 8.35. The molecular weight excluding hydrogens is 324 g/mol. The summed E-state index contributed by atoms with van der Waals surface area (Å²) in [6.45, 7) is 15.3. The van der Waals surface area contributed by atoms with Crippen molar-refractivity contribution in [3.05, 3.63) is 63.6 Å². The van der Waals surface area contributed by atoms with Crippen molar-refractivity contribution in [1.29, 1.82) is 0 Å². The lowest BCUT2D eigenvalue weighted by Gasteiger charge is -2.44. The van der Waals surface area contributed by atoms with Crippen molar-refractivity contribution in [1.82, 2.24) is 9.47 Å². The maximum absolute atomic E-state index is 12.4. The summed E-state index contributed by atoms with van der Waals surface area (Å²) in [5.74, 6) is 0. The van der Waals surface area contributed by atoms with Crippen LogP contribution in [0.5, 0.6) is 0 Å². The van der Waals surface area contributed by atoms with E-state index in [2.05, 4.69) is 57.4 Å². The monoisotopic (exact) mass is 354 g/mol. The van der Waals surface area contributed by atoms with Crippen LogP contribution in [-0.4, -0.2) is 27.8 Å². The number of aldehydes is 1. The second-order valence-electron chi connectivity index (χ2n) is 7.14. The van der Waals surface area contributed by atoms with Crippen LogP contribution in [0, 0.1) is 6.92 Å². The van der Waals surface area contributed by atoms with Gasteiger partial charge in [0.2, 0.25) is 0 Å². The minimum Gasteiger partial charge on any atom is -0.363 e. The Labute approximate surface area is 156 Å². The van der Waals surface area contributed by atoms with Crippen molar-refractivity contribution < 1.29 is 4.79 Å². The summed E-state index contributed by atoms with van der Waals surface area (Å²) < 4.78 is 2.03. The summed E-state index contributed by atoms with van der Waals surface area (Å²) in [4.78, 5) is 26.0. The fourth-order valence-electron chi connectivity index (χ4n) is 3.82. The SMILES string of the molecule is C=C1c2c(C)c(=O)c(C=O)cn2CC(CC(/C=C\CC)=C/C)N1C(C)C. The Morgan fingerprint density at radius 2 is 2.12 bits per heavy atom. The van der Waals surface area contributed by atoms with Gasteiger partial charge in [0.15, 0.2) is 11.7 Å². The van der Waals surface area contributed by atoms with Crippen molar-refractivity contribution >= 4 is 12.0 Å². The normalized spacial score (nSPS) is 17.9. The van der Waals surface area contributed by atoms with Crippen LogP contribution >= 0.6 is 0 Å². The molecule has 0 aromatic carbocycles. The lowest BCUT2D eigenvalue weighted by Crippen LogP contribution is -2.47. The van der Waals surface area contributed by atoms with Crippen LogP contribution in [0.25, 0.3) is 5.70 Å². The van der Waals surface area contributed by atoms with Gasteiger partial charge in [0.05, 0.1) is 23.0 Å². The molecule has 0 bridgehead atoms. The molecule has 4 heteroatoms. The molecule has 1 aromatic heterocycles. The highest BCUT2D eigenvalue weighted by Gasteiger charge is 2.32. The molecule has 0 saturated carbocycles. The molecule has 0 aliphatic carbocycles. The lowest BCUT2D eigenvalue weighted by molar-refractivity contribution is 0.112. The largest absolute Gasteiger partial charge is 0.363 e. The number of nitrogens with zero attached hydrogens (tertiary/aromatic N) is 2. The molecule has 1 aliphatic rings. The molecular formula is C22H30N2O2. The van der Waals surface area contributed by atoms with Gasteiger partial charge >= 0.3 is 0 Å². The number of hydrogen-bond acceptors (Lipinski definition) is 3. The van der Waals surface area contributed by atoms with E-state index in [1.54, 1.807) is 13.1 Å². The van der Waals surface area contributed by atoms with E-state index in [4.69, 9.17) is 0 Å². The Morgan fingerprint density at radius 3 is 2.65 bits per heavy atom. The molecule has 1 aliphatic heterocycles. The summed E-state index contributed by atoms with van der Waals surface area (Å²) in [5, 5.41) is 0. The predicted molar refractivity (Wildman–Crippen MR) is 108 cm³/mol. The quantitative estimate of drug-likeness (QED) is 0.564. The molecule has 0 amide bonds. The van der Waals surface area contributed by atoms with E-state index in [0.717, 1.165) is 30.8 Å². The third kappa shape index (κ3) is 3.74. The number of carbonyl (C=O) groups excluding carboxylic acids is 1. The van der Waals surface area contributed by atoms with Gasteiger partial charge in [-0.05, 0) is 40.5 Å². The first-order valence-corrected chi connectivity index (χ1v) is 9.34. The molecule has 0 saturated heterocycles. The predicted octanol–water partition coefficient (Wildman–Crippen LogP) is 4.34. The highest BCUT2D eigenvalue weighted by Crippen LogP contribution is 2.32. The smallest absolute Gasteiger partial charge is 0.195 e. The van der Waals surface area contributed by atoms with Crippen LogP contribution in [0.1, 0.15) is 62.2 Å². The summed E-state index contributed by atoms with van der Waals surface area (Å²) in [6.07, 6.45) is 10.7. The van der Waals surface area contributed by atoms with Gasteiger partial charge in [-0.1, -0.05) is 37.3 Å². The van der Waals surface area contributed by atoms with Crippen molar-refractivity contribution in [2.45, 2.75) is 66.1 Å². The van der Waals surface area contributed by atoms with E-state index >= 15 is 0 Å². The van der Waals surface area contributed by atoms with Gasteiger partial charge in [-0.15, -0.1) is 0 Å². The number of allylic oxidation sites excluding steroid dienone is 3. The Kier molecular flexibility index (Phi) is 6.41. The average molecular weight is 354 g/mol. The molecule has 1 aromatic rings. The average Bonchev–Trinajstić information content (AvgIpc) is 2.60. The van der Waals surface area contributed by atoms with E-state index < -0.39 is 0 Å². The summed E-state index contributed by atoms with van der Waals surface area (Å²) >= 11 is 0. The molecule has 2 rings (SSSR count). The maximum Gasteiger partial charge on any atom is 0.195 e. The molecule has 1 unspecified atom stereocenters. The molecule has 26 heavy (non-hydrogen) atoms. The highest BCUT2D eigenvalue weighted by atomic mass is 16.1. The van der Waals surface area contributed by atoms with Crippen LogP contribution < -0.4 is 5.43 Å². The number of carbonyl (C=O) groups is 1. The van der Waals surface area contributed by atoms with Crippen LogP contribution in [0.4, 0.5) is 0 Å². The molecule has 1 atom stereocenters. The molecule has 2 heterocycles. The van der Waals surface area contributed by atoms with Gasteiger partial charge in [0, 0.05) is 24.3 Å². The van der Waals surface area contributed by atoms with E-state index in [9.17, 15) is 9.59 Å². The molecule has 0 fully saturated rings. The third-order valence-corrected chi connectivity index (χ3v) is 5.02. The summed E-state index contributed by atoms with van der Waals surface area (Å²) in [7, 11) is 0. The molecule has 140 valence electrons. The zero-order chi connectivity index (χ0) is 19.4. The fourth-order valence-corrected chi connectivity index (χ4v) is 3.82. The molecule has 0 N–H and O–H groups in total. The van der Waals surface area contributed by atoms with Crippen molar-refractivity contribution in [2.24, 2.45) is 0 Å². The topological polar surface area (TPSA) is 42.3 Å². The lowest BCUT2D eigenvalue weighted by atomic mass is 9.96. The van der Waals surface area contributed by atoms with Crippen molar-refractivity contribution in [2.75, 3.05) is 0 Å². The van der Waals surface area contributed by atoms with Crippen molar-refractivity contribution in [3.63, 3.8) is 0 Å². The number of fused-ring (bicyclic) bond motifs is 1. The van der Waals surface area contributed by atoms with Crippen molar-refractivity contribution in [3.8, 4) is 0 Å². The Bertz CT molecular complexity index is 812. The first kappa shape index (κ1) is 20.0.